The Balaban J connectivity index is 3.19. The van der Waals surface area contributed by atoms with Gasteiger partial charge in [0.25, 0.3) is 0 Å². The fourth-order valence-electron chi connectivity index (χ4n) is 1.47. The topological polar surface area (TPSA) is 35.2 Å². The Bertz CT molecular complexity index is 340. The normalized spacial score (nSPS) is 12.6. The summed E-state index contributed by atoms with van der Waals surface area (Å²) < 4.78 is 31.4. The Morgan fingerprint density at radius 3 is 2.60 bits per heavy atom. The van der Waals surface area contributed by atoms with E-state index in [-0.39, 0.29) is 5.75 Å². The first-order chi connectivity index (χ1) is 7.10. The van der Waals surface area contributed by atoms with Gasteiger partial charge in [-0.05, 0) is 43.1 Å². The molecule has 4 heteroatoms. The molecule has 0 heterocycles. The van der Waals surface area contributed by atoms with Gasteiger partial charge in [-0.25, -0.2) is 8.78 Å². The molecular formula is C11H15F2NO. The number of halogens is 2. The highest BCUT2D eigenvalue weighted by atomic mass is 19.1. The van der Waals surface area contributed by atoms with Gasteiger partial charge in [-0.2, -0.15) is 0 Å². The summed E-state index contributed by atoms with van der Waals surface area (Å²) >= 11 is 0. The summed E-state index contributed by atoms with van der Waals surface area (Å²) in [5, 5.41) is 0. The molecule has 0 saturated carbocycles. The minimum absolute atomic E-state index is 0.157. The standard InChI is InChI=1S/C11H15F2NO/c1-7(12)9-5-8(3-4-14)11(15-2)10(13)6-9/h5-7H,3-4,14H2,1-2H3. The maximum atomic E-state index is 13.5. The molecule has 0 aliphatic carbocycles. The summed E-state index contributed by atoms with van der Waals surface area (Å²) in [6.45, 7) is 1.74. The van der Waals surface area contributed by atoms with E-state index in [0.717, 1.165) is 6.07 Å². The first-order valence-electron chi connectivity index (χ1n) is 4.80. The molecule has 0 bridgehead atoms. The van der Waals surface area contributed by atoms with Gasteiger partial charge in [-0.3, -0.25) is 0 Å². The molecule has 0 amide bonds. The number of methoxy groups -OCH3 is 1. The van der Waals surface area contributed by atoms with E-state index in [1.807, 2.05) is 0 Å². The third-order valence-corrected chi connectivity index (χ3v) is 2.22. The van der Waals surface area contributed by atoms with Gasteiger partial charge >= 0.3 is 0 Å². The van der Waals surface area contributed by atoms with Crippen molar-refractivity contribution in [3.8, 4) is 5.75 Å². The van der Waals surface area contributed by atoms with Crippen molar-refractivity contribution in [3.63, 3.8) is 0 Å². The van der Waals surface area contributed by atoms with Crippen LogP contribution in [-0.4, -0.2) is 13.7 Å². The van der Waals surface area contributed by atoms with Gasteiger partial charge in [-0.1, -0.05) is 0 Å². The van der Waals surface area contributed by atoms with E-state index >= 15 is 0 Å². The third kappa shape index (κ3) is 2.65. The predicted octanol–water partition coefficient (Wildman–Crippen LogP) is 2.37. The van der Waals surface area contributed by atoms with E-state index < -0.39 is 12.0 Å². The van der Waals surface area contributed by atoms with Crippen molar-refractivity contribution in [2.75, 3.05) is 13.7 Å². The Kier molecular flexibility index (Phi) is 4.03. The zero-order valence-corrected chi connectivity index (χ0v) is 8.89. The average Bonchev–Trinajstić information content (AvgIpc) is 2.17. The quantitative estimate of drug-likeness (QED) is 0.836. The van der Waals surface area contributed by atoms with E-state index in [4.69, 9.17) is 10.5 Å². The van der Waals surface area contributed by atoms with Crippen LogP contribution >= 0.6 is 0 Å². The Labute approximate surface area is 88.0 Å². The van der Waals surface area contributed by atoms with Crippen molar-refractivity contribution in [1.82, 2.24) is 0 Å². The summed E-state index contributed by atoms with van der Waals surface area (Å²) in [5.74, 6) is -0.382. The van der Waals surface area contributed by atoms with Gasteiger partial charge < -0.3 is 10.5 Å². The van der Waals surface area contributed by atoms with Crippen LogP contribution < -0.4 is 10.5 Å². The Hall–Kier alpha value is -1.16. The van der Waals surface area contributed by atoms with Crippen LogP contribution in [0, 0.1) is 5.82 Å². The summed E-state index contributed by atoms with van der Waals surface area (Å²) in [6, 6.07) is 2.75. The lowest BCUT2D eigenvalue weighted by molar-refractivity contribution is 0.363. The number of nitrogens with two attached hydrogens (primary N) is 1. The lowest BCUT2D eigenvalue weighted by atomic mass is 10.0. The van der Waals surface area contributed by atoms with E-state index in [0.29, 0.717) is 24.1 Å². The van der Waals surface area contributed by atoms with E-state index in [1.54, 1.807) is 6.07 Å². The Morgan fingerprint density at radius 2 is 2.13 bits per heavy atom. The SMILES string of the molecule is COc1c(F)cc(C(C)F)cc1CCN. The molecule has 0 radical (unpaired) electrons. The molecule has 1 aromatic carbocycles. The molecule has 0 spiro atoms. The molecule has 1 aromatic rings. The van der Waals surface area contributed by atoms with Crippen molar-refractivity contribution in [3.05, 3.63) is 29.1 Å². The van der Waals surface area contributed by atoms with Gasteiger partial charge in [0, 0.05) is 0 Å². The minimum Gasteiger partial charge on any atom is -0.493 e. The first-order valence-corrected chi connectivity index (χ1v) is 4.80. The molecule has 15 heavy (non-hydrogen) atoms. The molecule has 1 atom stereocenters. The van der Waals surface area contributed by atoms with E-state index in [2.05, 4.69) is 0 Å². The van der Waals surface area contributed by atoms with E-state index in [9.17, 15) is 8.78 Å². The van der Waals surface area contributed by atoms with Gasteiger partial charge in [-0.15, -0.1) is 0 Å². The van der Waals surface area contributed by atoms with Crippen LogP contribution in [0.4, 0.5) is 8.78 Å². The fraction of sp³-hybridized carbons (Fsp3) is 0.455. The van der Waals surface area contributed by atoms with Gasteiger partial charge in [0.15, 0.2) is 11.6 Å². The highest BCUT2D eigenvalue weighted by molar-refractivity contribution is 5.39. The molecule has 84 valence electrons. The molecule has 0 aliphatic rings. The molecule has 2 N–H and O–H groups in total. The number of ether oxygens (including phenoxy) is 1. The van der Waals surface area contributed by atoms with Crippen LogP contribution in [0.25, 0.3) is 0 Å². The van der Waals surface area contributed by atoms with Gasteiger partial charge in [0.1, 0.15) is 6.17 Å². The van der Waals surface area contributed by atoms with Crippen LogP contribution in [0.5, 0.6) is 5.75 Å². The van der Waals surface area contributed by atoms with Crippen LogP contribution in [0.2, 0.25) is 0 Å². The van der Waals surface area contributed by atoms with Crippen LogP contribution in [0.1, 0.15) is 24.2 Å². The summed E-state index contributed by atoms with van der Waals surface area (Å²) in [7, 11) is 1.39. The average molecular weight is 215 g/mol. The smallest absolute Gasteiger partial charge is 0.165 e. The number of hydrogen-bond donors (Lipinski definition) is 1. The predicted molar refractivity (Wildman–Crippen MR) is 55.2 cm³/mol. The van der Waals surface area contributed by atoms with Crippen molar-refractivity contribution in [2.45, 2.75) is 19.5 Å². The second-order valence-corrected chi connectivity index (χ2v) is 3.35. The van der Waals surface area contributed by atoms with Gasteiger partial charge in [0.2, 0.25) is 0 Å². The maximum absolute atomic E-state index is 13.5. The minimum atomic E-state index is -1.19. The molecule has 2 nitrogen and oxygen atoms in total. The van der Waals surface area contributed by atoms with Gasteiger partial charge in [0.05, 0.1) is 7.11 Å². The third-order valence-electron chi connectivity index (χ3n) is 2.22. The molecule has 0 aromatic heterocycles. The number of alkyl halides is 1. The van der Waals surface area contributed by atoms with Crippen LogP contribution in [0.3, 0.4) is 0 Å². The zero-order valence-electron chi connectivity index (χ0n) is 8.89. The maximum Gasteiger partial charge on any atom is 0.165 e. The number of hydrogen-bond acceptors (Lipinski definition) is 2. The molecule has 0 fully saturated rings. The second-order valence-electron chi connectivity index (χ2n) is 3.35. The van der Waals surface area contributed by atoms with Crippen LogP contribution in [0.15, 0.2) is 12.1 Å². The first kappa shape index (κ1) is 11.9. The van der Waals surface area contributed by atoms with Crippen molar-refractivity contribution in [2.24, 2.45) is 5.73 Å². The van der Waals surface area contributed by atoms with E-state index in [1.165, 1.54) is 14.0 Å². The molecule has 1 unspecified atom stereocenters. The highest BCUT2D eigenvalue weighted by Gasteiger charge is 2.13. The monoisotopic (exact) mass is 215 g/mol. The second kappa shape index (κ2) is 5.07. The van der Waals surface area contributed by atoms with Crippen molar-refractivity contribution >= 4 is 0 Å². The zero-order chi connectivity index (χ0) is 11.4. The molecule has 0 aliphatic heterocycles. The lowest BCUT2D eigenvalue weighted by Crippen LogP contribution is -2.06. The largest absolute Gasteiger partial charge is 0.493 e. The fourth-order valence-corrected chi connectivity index (χ4v) is 1.47. The van der Waals surface area contributed by atoms with Crippen molar-refractivity contribution in [1.29, 1.82) is 0 Å². The molecule has 0 saturated heterocycles. The van der Waals surface area contributed by atoms with Crippen LogP contribution in [-0.2, 0) is 6.42 Å². The summed E-state index contributed by atoms with van der Waals surface area (Å²) in [6.07, 6.45) is -0.720. The van der Waals surface area contributed by atoms with Crippen molar-refractivity contribution < 1.29 is 13.5 Å². The number of rotatable bonds is 4. The Morgan fingerprint density at radius 1 is 1.47 bits per heavy atom. The highest BCUT2D eigenvalue weighted by Crippen LogP contribution is 2.28. The molecule has 1 rings (SSSR count). The summed E-state index contributed by atoms with van der Waals surface area (Å²) in [4.78, 5) is 0. The molecular weight excluding hydrogens is 200 g/mol. The lowest BCUT2D eigenvalue weighted by Gasteiger charge is -2.12. The summed E-state index contributed by atoms with van der Waals surface area (Å²) in [5.41, 5.74) is 6.32. The number of benzene rings is 1.